The van der Waals surface area contributed by atoms with E-state index in [0.29, 0.717) is 30.2 Å². The third-order valence-corrected chi connectivity index (χ3v) is 5.69. The Morgan fingerprint density at radius 1 is 1.10 bits per heavy atom. The highest BCUT2D eigenvalue weighted by atomic mass is 35.5. The van der Waals surface area contributed by atoms with E-state index in [1.54, 1.807) is 14.1 Å². The molecule has 0 aliphatic rings. The molecule has 0 saturated heterocycles. The van der Waals surface area contributed by atoms with Gasteiger partial charge in [-0.05, 0) is 38.8 Å². The van der Waals surface area contributed by atoms with E-state index in [2.05, 4.69) is 5.32 Å². The van der Waals surface area contributed by atoms with Gasteiger partial charge in [-0.1, -0.05) is 23.2 Å². The Kier molecular flexibility index (Phi) is 6.90. The van der Waals surface area contributed by atoms with Crippen LogP contribution in [0.2, 0.25) is 10.0 Å². The van der Waals surface area contributed by atoms with E-state index >= 15 is 0 Å². The fourth-order valence-electron chi connectivity index (χ4n) is 1.72. The first-order chi connectivity index (χ1) is 9.70. The molecule has 0 unspecified atom stereocenters. The topological polar surface area (TPSA) is 52.7 Å². The van der Waals surface area contributed by atoms with E-state index in [1.807, 2.05) is 19.0 Å². The molecule has 0 saturated carbocycles. The molecule has 0 aromatic heterocycles. The minimum absolute atomic E-state index is 0.0834. The van der Waals surface area contributed by atoms with Gasteiger partial charge in [0.15, 0.2) is 0 Å². The van der Waals surface area contributed by atoms with Crippen LogP contribution >= 0.6 is 23.2 Å². The summed E-state index contributed by atoms with van der Waals surface area (Å²) in [5.41, 5.74) is 0.697. The summed E-state index contributed by atoms with van der Waals surface area (Å²) in [6.07, 6.45) is 0. The van der Waals surface area contributed by atoms with E-state index in [1.165, 1.54) is 16.4 Å². The van der Waals surface area contributed by atoms with Crippen LogP contribution in [0.1, 0.15) is 5.56 Å². The Bertz CT molecular complexity index is 591. The van der Waals surface area contributed by atoms with Crippen molar-refractivity contribution < 1.29 is 8.42 Å². The van der Waals surface area contributed by atoms with Crippen LogP contribution in [0.4, 0.5) is 0 Å². The van der Waals surface area contributed by atoms with Crippen LogP contribution in [-0.4, -0.2) is 58.9 Å². The Balaban J connectivity index is 3.15. The van der Waals surface area contributed by atoms with E-state index in [-0.39, 0.29) is 9.92 Å². The molecule has 1 rings (SSSR count). The van der Waals surface area contributed by atoms with Crippen molar-refractivity contribution in [1.82, 2.24) is 14.5 Å². The van der Waals surface area contributed by atoms with Gasteiger partial charge in [-0.3, -0.25) is 0 Å². The summed E-state index contributed by atoms with van der Waals surface area (Å²) in [6.45, 7) is 1.49. The highest BCUT2D eigenvalue weighted by molar-refractivity contribution is 7.89. The third kappa shape index (κ3) is 4.81. The molecule has 120 valence electrons. The van der Waals surface area contributed by atoms with E-state index in [0.717, 1.165) is 0 Å². The summed E-state index contributed by atoms with van der Waals surface area (Å²) in [6, 6.07) is 3.01. The number of nitrogens with one attached hydrogen (secondary N) is 1. The van der Waals surface area contributed by atoms with Gasteiger partial charge >= 0.3 is 0 Å². The van der Waals surface area contributed by atoms with Crippen molar-refractivity contribution >= 4 is 33.2 Å². The SMILES string of the molecule is CNCc1cc(S(=O)(=O)N(C)CCN(C)C)c(Cl)cc1Cl. The zero-order valence-corrected chi connectivity index (χ0v) is 15.0. The van der Waals surface area contributed by atoms with Gasteiger partial charge in [0.25, 0.3) is 0 Å². The van der Waals surface area contributed by atoms with Crippen LogP contribution in [0.5, 0.6) is 0 Å². The molecule has 0 fully saturated rings. The first kappa shape index (κ1) is 18.7. The molecule has 1 aromatic carbocycles. The molecule has 8 heteroatoms. The van der Waals surface area contributed by atoms with Crippen LogP contribution in [-0.2, 0) is 16.6 Å². The number of likely N-dealkylation sites (N-methyl/N-ethyl adjacent to an activating group) is 2. The van der Waals surface area contributed by atoms with Crippen molar-refractivity contribution in [2.45, 2.75) is 11.4 Å². The molecule has 0 heterocycles. The summed E-state index contributed by atoms with van der Waals surface area (Å²) in [5.74, 6) is 0. The molecule has 1 aromatic rings. The number of sulfonamides is 1. The molecule has 0 spiro atoms. The van der Waals surface area contributed by atoms with Crippen LogP contribution in [0.3, 0.4) is 0 Å². The molecule has 21 heavy (non-hydrogen) atoms. The quantitative estimate of drug-likeness (QED) is 0.813. The van der Waals surface area contributed by atoms with E-state index in [9.17, 15) is 8.42 Å². The predicted molar refractivity (Wildman–Crippen MR) is 87.6 cm³/mol. The van der Waals surface area contributed by atoms with Gasteiger partial charge in [0, 0.05) is 31.7 Å². The molecule has 0 aliphatic carbocycles. The maximum Gasteiger partial charge on any atom is 0.244 e. The van der Waals surface area contributed by atoms with Crippen molar-refractivity contribution in [3.8, 4) is 0 Å². The zero-order chi connectivity index (χ0) is 16.2. The normalized spacial score (nSPS) is 12.4. The summed E-state index contributed by atoms with van der Waals surface area (Å²) in [7, 11) is 3.45. The fourth-order valence-corrected chi connectivity index (χ4v) is 3.72. The number of nitrogens with zero attached hydrogens (tertiary/aromatic N) is 2. The van der Waals surface area contributed by atoms with Crippen molar-refractivity contribution in [1.29, 1.82) is 0 Å². The molecule has 0 bridgehead atoms. The van der Waals surface area contributed by atoms with Gasteiger partial charge in [-0.15, -0.1) is 0 Å². The van der Waals surface area contributed by atoms with Crippen molar-refractivity contribution in [3.05, 3.63) is 27.7 Å². The number of halogens is 2. The molecule has 0 atom stereocenters. The van der Waals surface area contributed by atoms with Crippen LogP contribution in [0.25, 0.3) is 0 Å². The second-order valence-electron chi connectivity index (χ2n) is 5.03. The maximum absolute atomic E-state index is 12.6. The number of rotatable bonds is 7. The van der Waals surface area contributed by atoms with E-state index < -0.39 is 10.0 Å². The van der Waals surface area contributed by atoms with Gasteiger partial charge in [0.1, 0.15) is 4.90 Å². The van der Waals surface area contributed by atoms with E-state index in [4.69, 9.17) is 23.2 Å². The predicted octanol–water partition coefficient (Wildman–Crippen LogP) is 1.89. The van der Waals surface area contributed by atoms with Crippen LogP contribution < -0.4 is 5.32 Å². The Labute approximate surface area is 136 Å². The molecule has 1 N–H and O–H groups in total. The van der Waals surface area contributed by atoms with Crippen molar-refractivity contribution in [2.24, 2.45) is 0 Å². The van der Waals surface area contributed by atoms with Gasteiger partial charge in [0.2, 0.25) is 10.0 Å². The minimum atomic E-state index is -3.63. The fraction of sp³-hybridized carbons (Fsp3) is 0.538. The number of hydrogen-bond acceptors (Lipinski definition) is 4. The average molecular weight is 354 g/mol. The lowest BCUT2D eigenvalue weighted by Gasteiger charge is -2.20. The highest BCUT2D eigenvalue weighted by Gasteiger charge is 2.24. The van der Waals surface area contributed by atoms with Gasteiger partial charge in [0.05, 0.1) is 5.02 Å². The number of benzene rings is 1. The highest BCUT2D eigenvalue weighted by Crippen LogP contribution is 2.30. The Morgan fingerprint density at radius 2 is 1.71 bits per heavy atom. The van der Waals surface area contributed by atoms with Crippen LogP contribution in [0, 0.1) is 0 Å². The lowest BCUT2D eigenvalue weighted by atomic mass is 10.2. The van der Waals surface area contributed by atoms with Gasteiger partial charge in [-0.2, -0.15) is 4.31 Å². The maximum atomic E-state index is 12.6. The standard InChI is InChI=1S/C13H21Cl2N3O2S/c1-16-9-10-7-13(12(15)8-11(10)14)21(19,20)18(4)6-5-17(2)3/h7-8,16H,5-6,9H2,1-4H3. The molecule has 5 nitrogen and oxygen atoms in total. The Morgan fingerprint density at radius 3 is 2.24 bits per heavy atom. The van der Waals surface area contributed by atoms with Crippen molar-refractivity contribution in [3.63, 3.8) is 0 Å². The summed E-state index contributed by atoms with van der Waals surface area (Å²) < 4.78 is 26.5. The summed E-state index contributed by atoms with van der Waals surface area (Å²) in [5, 5.41) is 3.53. The summed E-state index contributed by atoms with van der Waals surface area (Å²) >= 11 is 12.1. The molecule has 0 amide bonds. The lowest BCUT2D eigenvalue weighted by molar-refractivity contribution is 0.358. The minimum Gasteiger partial charge on any atom is -0.316 e. The first-order valence-electron chi connectivity index (χ1n) is 6.43. The van der Waals surface area contributed by atoms with Gasteiger partial charge < -0.3 is 10.2 Å². The Hall–Kier alpha value is -0.370. The second-order valence-corrected chi connectivity index (χ2v) is 7.86. The molecule has 0 radical (unpaired) electrons. The zero-order valence-electron chi connectivity index (χ0n) is 12.7. The molecule has 0 aliphatic heterocycles. The molecular formula is C13H21Cl2N3O2S. The summed E-state index contributed by atoms with van der Waals surface area (Å²) in [4.78, 5) is 2.00. The monoisotopic (exact) mass is 353 g/mol. The largest absolute Gasteiger partial charge is 0.316 e. The first-order valence-corrected chi connectivity index (χ1v) is 8.63. The average Bonchev–Trinajstić information content (AvgIpc) is 2.38. The van der Waals surface area contributed by atoms with Gasteiger partial charge in [-0.25, -0.2) is 8.42 Å². The lowest BCUT2D eigenvalue weighted by Crippen LogP contribution is -2.33. The molecular weight excluding hydrogens is 333 g/mol. The van der Waals surface area contributed by atoms with Crippen LogP contribution in [0.15, 0.2) is 17.0 Å². The third-order valence-electron chi connectivity index (χ3n) is 3.02. The smallest absolute Gasteiger partial charge is 0.244 e. The second kappa shape index (κ2) is 7.76. The number of hydrogen-bond donors (Lipinski definition) is 1. The van der Waals surface area contributed by atoms with Crippen molar-refractivity contribution in [2.75, 3.05) is 41.3 Å².